The minimum absolute atomic E-state index is 0.754. The number of benzene rings is 2. The summed E-state index contributed by atoms with van der Waals surface area (Å²) in [6, 6.07) is 17.7. The second kappa shape index (κ2) is 12.4. The Morgan fingerprint density at radius 2 is 1.47 bits per heavy atom. The lowest BCUT2D eigenvalue weighted by Crippen LogP contribution is -2.13. The maximum absolute atomic E-state index is 3.34. The molecule has 1 aliphatic carbocycles. The first-order valence-corrected chi connectivity index (χ1v) is 12.1. The van der Waals surface area contributed by atoms with Crippen molar-refractivity contribution in [1.29, 1.82) is 0 Å². The van der Waals surface area contributed by atoms with Gasteiger partial charge in [-0.2, -0.15) is 0 Å². The molecule has 0 atom stereocenters. The average Bonchev–Trinajstić information content (AvgIpc) is 2.80. The van der Waals surface area contributed by atoms with Crippen molar-refractivity contribution in [2.24, 2.45) is 5.92 Å². The Labute approximate surface area is 184 Å². The van der Waals surface area contributed by atoms with E-state index in [0.717, 1.165) is 35.8 Å². The highest BCUT2D eigenvalue weighted by Crippen LogP contribution is 2.37. The van der Waals surface area contributed by atoms with E-state index >= 15 is 0 Å². The van der Waals surface area contributed by atoms with Gasteiger partial charge in [0.05, 0.1) is 0 Å². The van der Waals surface area contributed by atoms with E-state index in [1.54, 1.807) is 0 Å². The Balaban J connectivity index is 1.49. The van der Waals surface area contributed by atoms with Crippen LogP contribution in [0.2, 0.25) is 0 Å². The normalized spacial score (nSPS) is 18.9. The molecule has 0 heterocycles. The van der Waals surface area contributed by atoms with Gasteiger partial charge in [0.15, 0.2) is 0 Å². The van der Waals surface area contributed by atoms with Crippen molar-refractivity contribution in [3.63, 3.8) is 0 Å². The van der Waals surface area contributed by atoms with E-state index in [9.17, 15) is 0 Å². The molecule has 0 saturated heterocycles. The average molecular weight is 399 g/mol. The van der Waals surface area contributed by atoms with Gasteiger partial charge in [-0.05, 0) is 92.7 Å². The first-order valence-electron chi connectivity index (χ1n) is 12.1. The molecule has 158 valence electrons. The molecule has 30 heavy (non-hydrogen) atoms. The van der Waals surface area contributed by atoms with Crippen LogP contribution in [0.15, 0.2) is 60.7 Å². The fourth-order valence-electron chi connectivity index (χ4n) is 4.62. The van der Waals surface area contributed by atoms with Crippen LogP contribution in [-0.2, 0) is 6.42 Å². The number of hydrogen-bond acceptors (Lipinski definition) is 0. The zero-order valence-electron chi connectivity index (χ0n) is 19.0. The van der Waals surface area contributed by atoms with Crippen LogP contribution in [-0.4, -0.2) is 0 Å². The highest BCUT2D eigenvalue weighted by Gasteiger charge is 2.21. The highest BCUT2D eigenvalue weighted by molar-refractivity contribution is 5.44. The zero-order valence-corrected chi connectivity index (χ0v) is 19.0. The lowest BCUT2D eigenvalue weighted by atomic mass is 9.77. The van der Waals surface area contributed by atoms with Crippen LogP contribution in [0, 0.1) is 17.8 Å². The van der Waals surface area contributed by atoms with E-state index in [-0.39, 0.29) is 0 Å². The molecule has 0 bridgehead atoms. The van der Waals surface area contributed by atoms with E-state index in [1.807, 2.05) is 0 Å². The molecule has 0 aliphatic heterocycles. The number of allylic oxidation sites excluding steroid dienone is 2. The van der Waals surface area contributed by atoms with Crippen molar-refractivity contribution in [3.05, 3.63) is 82.9 Å². The fourth-order valence-corrected chi connectivity index (χ4v) is 4.62. The second-order valence-electron chi connectivity index (χ2n) is 8.89. The third-order valence-corrected chi connectivity index (χ3v) is 6.59. The summed E-state index contributed by atoms with van der Waals surface area (Å²) in [6.07, 6.45) is 17.7. The van der Waals surface area contributed by atoms with Crippen molar-refractivity contribution in [3.8, 4) is 11.8 Å². The van der Waals surface area contributed by atoms with Crippen LogP contribution in [0.1, 0.15) is 99.8 Å². The maximum atomic E-state index is 3.34. The topological polar surface area (TPSA) is 0 Å². The summed E-state index contributed by atoms with van der Waals surface area (Å²) in [5.74, 6) is 8.39. The summed E-state index contributed by atoms with van der Waals surface area (Å²) < 4.78 is 0. The highest BCUT2D eigenvalue weighted by atomic mass is 14.3. The van der Waals surface area contributed by atoms with Crippen molar-refractivity contribution < 1.29 is 0 Å². The van der Waals surface area contributed by atoms with Gasteiger partial charge >= 0.3 is 0 Å². The van der Waals surface area contributed by atoms with E-state index < -0.39 is 0 Å². The van der Waals surface area contributed by atoms with Gasteiger partial charge in [-0.25, -0.2) is 0 Å². The third kappa shape index (κ3) is 7.21. The lowest BCUT2D eigenvalue weighted by molar-refractivity contribution is 0.303. The van der Waals surface area contributed by atoms with Gasteiger partial charge in [-0.15, -0.1) is 0 Å². The van der Waals surface area contributed by atoms with Gasteiger partial charge in [-0.1, -0.05) is 80.9 Å². The van der Waals surface area contributed by atoms with Gasteiger partial charge < -0.3 is 0 Å². The zero-order chi connectivity index (χ0) is 21.0. The largest absolute Gasteiger partial charge is 0.0917 e. The monoisotopic (exact) mass is 398 g/mol. The minimum atomic E-state index is 0.754. The minimum Gasteiger partial charge on any atom is -0.0917 e. The molecule has 0 radical (unpaired) electrons. The number of hydrogen-bond donors (Lipinski definition) is 0. The van der Waals surface area contributed by atoms with E-state index in [4.69, 9.17) is 0 Å². The molecule has 0 amide bonds. The predicted molar refractivity (Wildman–Crippen MR) is 131 cm³/mol. The molecular formula is C30H38. The van der Waals surface area contributed by atoms with Crippen molar-refractivity contribution in [1.82, 2.24) is 0 Å². The van der Waals surface area contributed by atoms with Crippen molar-refractivity contribution >= 4 is 0 Å². The number of unbranched alkanes of at least 4 members (excludes halogenated alkanes) is 2. The van der Waals surface area contributed by atoms with E-state index in [0.29, 0.717) is 0 Å². The quantitative estimate of drug-likeness (QED) is 0.238. The molecule has 0 nitrogen and oxygen atoms in total. The summed E-state index contributed by atoms with van der Waals surface area (Å²) in [6.45, 7) is 4.37. The molecule has 1 saturated carbocycles. The lowest BCUT2D eigenvalue weighted by Gasteiger charge is -2.29. The second-order valence-corrected chi connectivity index (χ2v) is 8.89. The molecule has 0 heteroatoms. The van der Waals surface area contributed by atoms with Crippen molar-refractivity contribution in [2.75, 3.05) is 0 Å². The molecule has 0 unspecified atom stereocenters. The van der Waals surface area contributed by atoms with Gasteiger partial charge in [0.25, 0.3) is 0 Å². The van der Waals surface area contributed by atoms with Gasteiger partial charge in [0.2, 0.25) is 0 Å². The molecule has 2 aromatic carbocycles. The van der Waals surface area contributed by atoms with Crippen LogP contribution in [0.3, 0.4) is 0 Å². The third-order valence-electron chi connectivity index (χ3n) is 6.59. The fraction of sp³-hybridized carbons (Fsp3) is 0.467. The molecular weight excluding hydrogens is 360 g/mol. The predicted octanol–water partition coefficient (Wildman–Crippen LogP) is 8.45. The van der Waals surface area contributed by atoms with Crippen molar-refractivity contribution in [2.45, 2.75) is 84.0 Å². The first kappa shape index (κ1) is 22.4. The smallest absolute Gasteiger partial charge is 0.0249 e. The standard InChI is InChI=1S/C30H38/c1-3-5-7-9-25-11-13-27(14-12-25)15-16-28-19-23-30(24-20-28)29-21-17-26(18-22-29)10-8-6-4-2/h3,5,11-14,19-20,23-24,26,29H,4,6-10,17-18,21-22H2,1-2H3/b5-3+. The summed E-state index contributed by atoms with van der Waals surface area (Å²) >= 11 is 0. The van der Waals surface area contributed by atoms with E-state index in [2.05, 4.69) is 86.4 Å². The molecule has 3 rings (SSSR count). The Hall–Kier alpha value is -2.26. The van der Waals surface area contributed by atoms with Crippen LogP contribution in [0.25, 0.3) is 0 Å². The summed E-state index contributed by atoms with van der Waals surface area (Å²) in [4.78, 5) is 0. The maximum Gasteiger partial charge on any atom is 0.0249 e. The van der Waals surface area contributed by atoms with Gasteiger partial charge in [-0.3, -0.25) is 0 Å². The van der Waals surface area contributed by atoms with Gasteiger partial charge in [0, 0.05) is 11.1 Å². The van der Waals surface area contributed by atoms with Crippen LogP contribution < -0.4 is 0 Å². The summed E-state index contributed by atoms with van der Waals surface area (Å²) in [5.41, 5.74) is 5.10. The summed E-state index contributed by atoms with van der Waals surface area (Å²) in [5, 5.41) is 0. The van der Waals surface area contributed by atoms with Crippen LogP contribution in [0.4, 0.5) is 0 Å². The Kier molecular flexibility index (Phi) is 9.30. The first-order chi connectivity index (χ1) is 14.8. The van der Waals surface area contributed by atoms with E-state index in [1.165, 1.54) is 62.5 Å². The Bertz CT molecular complexity index is 818. The SMILES string of the molecule is C/C=C/CCc1ccc(C#Cc2ccc(C3CCC(CCCCC)CC3)cc2)cc1. The molecule has 0 N–H and O–H groups in total. The number of aryl methyl sites for hydroxylation is 1. The molecule has 1 fully saturated rings. The molecule has 0 aromatic heterocycles. The molecule has 1 aliphatic rings. The van der Waals surface area contributed by atoms with Gasteiger partial charge in [0.1, 0.15) is 0 Å². The Morgan fingerprint density at radius 3 is 2.07 bits per heavy atom. The summed E-state index contributed by atoms with van der Waals surface area (Å²) in [7, 11) is 0. The van der Waals surface area contributed by atoms with Crippen LogP contribution >= 0.6 is 0 Å². The Morgan fingerprint density at radius 1 is 0.833 bits per heavy atom. The molecule has 0 spiro atoms. The van der Waals surface area contributed by atoms with Crippen LogP contribution in [0.5, 0.6) is 0 Å². The molecule has 2 aromatic rings. The number of rotatable bonds is 8.